The first-order valence-corrected chi connectivity index (χ1v) is 8.85. The number of aromatic nitrogens is 3. The number of carbonyl (C=O) groups excluding carboxylic acids is 1. The lowest BCUT2D eigenvalue weighted by Crippen LogP contribution is -2.35. The van der Waals surface area contributed by atoms with Gasteiger partial charge in [0.15, 0.2) is 0 Å². The highest BCUT2D eigenvalue weighted by Gasteiger charge is 2.24. The van der Waals surface area contributed by atoms with Crippen LogP contribution in [-0.2, 0) is 0 Å². The van der Waals surface area contributed by atoms with Crippen LogP contribution in [0.5, 0.6) is 0 Å². The normalized spacial score (nSPS) is 11.8. The lowest BCUT2D eigenvalue weighted by Gasteiger charge is -2.26. The van der Waals surface area contributed by atoms with Gasteiger partial charge in [0, 0.05) is 25.0 Å². The van der Waals surface area contributed by atoms with E-state index in [0.29, 0.717) is 12.2 Å². The number of nitrogens with one attached hydrogen (secondary N) is 1. The number of aromatic amines is 1. The fraction of sp³-hybridized carbons (Fsp3) is 0.238. The van der Waals surface area contributed by atoms with Gasteiger partial charge < -0.3 is 9.88 Å². The van der Waals surface area contributed by atoms with Crippen molar-refractivity contribution in [3.63, 3.8) is 0 Å². The average Bonchev–Trinajstić information content (AvgIpc) is 2.69. The lowest BCUT2D eigenvalue weighted by atomic mass is 10.1. The first-order chi connectivity index (χ1) is 13.0. The average molecular weight is 362 g/mol. The fourth-order valence-electron chi connectivity index (χ4n) is 2.99. The van der Waals surface area contributed by atoms with Crippen molar-refractivity contribution >= 4 is 5.91 Å². The molecule has 3 aromatic rings. The molecule has 0 spiro atoms. The maximum Gasteiger partial charge on any atom is 0.264 e. The van der Waals surface area contributed by atoms with Crippen molar-refractivity contribution in [2.45, 2.75) is 26.3 Å². The Labute approximate surface area is 157 Å². The monoisotopic (exact) mass is 362 g/mol. The van der Waals surface area contributed by atoms with Gasteiger partial charge in [-0.2, -0.15) is 0 Å². The zero-order valence-electron chi connectivity index (χ0n) is 15.6. The molecule has 0 unspecified atom stereocenters. The van der Waals surface area contributed by atoms with Gasteiger partial charge >= 0.3 is 0 Å². The smallest absolute Gasteiger partial charge is 0.264 e. The largest absolute Gasteiger partial charge is 0.333 e. The van der Waals surface area contributed by atoms with Gasteiger partial charge in [0.2, 0.25) is 0 Å². The van der Waals surface area contributed by atoms with Crippen LogP contribution in [0.1, 0.15) is 41.0 Å². The summed E-state index contributed by atoms with van der Waals surface area (Å²) in [6, 6.07) is 13.0. The minimum Gasteiger partial charge on any atom is -0.333 e. The zero-order chi connectivity index (χ0) is 19.4. The Hall–Kier alpha value is -3.28. The molecule has 0 bridgehead atoms. The third kappa shape index (κ3) is 3.95. The first-order valence-electron chi connectivity index (χ1n) is 8.85. The van der Waals surface area contributed by atoms with Crippen LogP contribution in [0, 0.1) is 6.92 Å². The third-order valence-corrected chi connectivity index (χ3v) is 4.56. The maximum absolute atomic E-state index is 12.9. The van der Waals surface area contributed by atoms with Gasteiger partial charge in [0.1, 0.15) is 11.4 Å². The number of nitrogens with zero attached hydrogens (tertiary/aromatic N) is 3. The van der Waals surface area contributed by atoms with E-state index in [1.165, 1.54) is 6.20 Å². The number of hydrogen-bond donors (Lipinski definition) is 1. The highest BCUT2D eigenvalue weighted by molar-refractivity contribution is 5.93. The van der Waals surface area contributed by atoms with Crippen molar-refractivity contribution in [3.05, 3.63) is 82.0 Å². The van der Waals surface area contributed by atoms with Crippen molar-refractivity contribution in [3.8, 4) is 11.4 Å². The summed E-state index contributed by atoms with van der Waals surface area (Å²) in [5.74, 6) is 0.0627. The van der Waals surface area contributed by atoms with E-state index in [2.05, 4.69) is 15.0 Å². The maximum atomic E-state index is 12.9. The van der Waals surface area contributed by atoms with Gasteiger partial charge in [-0.1, -0.05) is 42.8 Å². The number of benzene rings is 1. The topological polar surface area (TPSA) is 79.0 Å². The number of carbonyl (C=O) groups is 1. The Balaban J connectivity index is 1.88. The summed E-state index contributed by atoms with van der Waals surface area (Å²) in [5.41, 5.74) is 2.27. The van der Waals surface area contributed by atoms with Crippen LogP contribution < -0.4 is 5.56 Å². The van der Waals surface area contributed by atoms with E-state index in [1.807, 2.05) is 56.3 Å². The third-order valence-electron chi connectivity index (χ3n) is 4.56. The van der Waals surface area contributed by atoms with Crippen molar-refractivity contribution < 1.29 is 4.79 Å². The number of pyridine rings is 1. The number of aryl methyl sites for hydroxylation is 1. The minimum absolute atomic E-state index is 0.0164. The Bertz CT molecular complexity index is 981. The van der Waals surface area contributed by atoms with E-state index >= 15 is 0 Å². The quantitative estimate of drug-likeness (QED) is 0.755. The van der Waals surface area contributed by atoms with Gasteiger partial charge in [-0.15, -0.1) is 0 Å². The van der Waals surface area contributed by atoms with Crippen molar-refractivity contribution in [1.82, 2.24) is 19.9 Å². The van der Waals surface area contributed by atoms with Crippen LogP contribution >= 0.6 is 0 Å². The van der Waals surface area contributed by atoms with Crippen LogP contribution in [0.4, 0.5) is 0 Å². The van der Waals surface area contributed by atoms with Crippen molar-refractivity contribution in [2.75, 3.05) is 7.05 Å². The van der Waals surface area contributed by atoms with Crippen LogP contribution in [-0.4, -0.2) is 32.8 Å². The fourth-order valence-corrected chi connectivity index (χ4v) is 2.99. The summed E-state index contributed by atoms with van der Waals surface area (Å²) in [6.07, 6.45) is 3.73. The van der Waals surface area contributed by atoms with Gasteiger partial charge in [-0.05, 0) is 25.5 Å². The molecule has 0 saturated heterocycles. The van der Waals surface area contributed by atoms with E-state index < -0.39 is 5.56 Å². The van der Waals surface area contributed by atoms with Gasteiger partial charge in [0.25, 0.3) is 11.5 Å². The summed E-state index contributed by atoms with van der Waals surface area (Å²) in [6.45, 7) is 3.97. The van der Waals surface area contributed by atoms with E-state index in [1.54, 1.807) is 18.1 Å². The molecule has 1 amide bonds. The van der Waals surface area contributed by atoms with Gasteiger partial charge in [0.05, 0.1) is 11.7 Å². The second kappa shape index (κ2) is 7.95. The van der Waals surface area contributed by atoms with E-state index in [0.717, 1.165) is 16.8 Å². The molecule has 0 aliphatic carbocycles. The summed E-state index contributed by atoms with van der Waals surface area (Å²) < 4.78 is 0. The Kier molecular flexibility index (Phi) is 5.45. The summed E-state index contributed by atoms with van der Waals surface area (Å²) in [4.78, 5) is 38.3. The molecule has 2 heterocycles. The second-order valence-electron chi connectivity index (χ2n) is 6.44. The molecule has 0 aliphatic rings. The molecule has 2 aromatic heterocycles. The summed E-state index contributed by atoms with van der Waals surface area (Å²) >= 11 is 0. The number of rotatable bonds is 5. The lowest BCUT2D eigenvalue weighted by molar-refractivity contribution is 0.0720. The molecule has 3 rings (SSSR count). The molecular formula is C21H22N4O2. The highest BCUT2D eigenvalue weighted by Crippen LogP contribution is 2.22. The minimum atomic E-state index is -0.451. The summed E-state index contributed by atoms with van der Waals surface area (Å²) in [5, 5.41) is 0. The molecule has 6 nitrogen and oxygen atoms in total. The van der Waals surface area contributed by atoms with E-state index in [4.69, 9.17) is 0 Å². The Morgan fingerprint density at radius 3 is 2.48 bits per heavy atom. The van der Waals surface area contributed by atoms with Crippen LogP contribution in [0.25, 0.3) is 11.4 Å². The molecular weight excluding hydrogens is 340 g/mol. The second-order valence-corrected chi connectivity index (χ2v) is 6.44. The Morgan fingerprint density at radius 2 is 1.89 bits per heavy atom. The Morgan fingerprint density at radius 1 is 1.15 bits per heavy atom. The predicted molar refractivity (Wildman–Crippen MR) is 104 cm³/mol. The molecule has 1 atom stereocenters. The van der Waals surface area contributed by atoms with Gasteiger partial charge in [-0.3, -0.25) is 14.6 Å². The molecule has 1 N–H and O–H groups in total. The molecule has 0 aliphatic heterocycles. The van der Waals surface area contributed by atoms with E-state index in [-0.39, 0.29) is 17.5 Å². The zero-order valence-corrected chi connectivity index (χ0v) is 15.6. The summed E-state index contributed by atoms with van der Waals surface area (Å²) in [7, 11) is 1.68. The van der Waals surface area contributed by atoms with E-state index in [9.17, 15) is 9.59 Å². The molecule has 0 radical (unpaired) electrons. The van der Waals surface area contributed by atoms with Crippen molar-refractivity contribution in [2.24, 2.45) is 0 Å². The molecule has 0 fully saturated rings. The van der Waals surface area contributed by atoms with Crippen molar-refractivity contribution in [1.29, 1.82) is 0 Å². The SMILES string of the molecule is CC[C@H](c1ccccn1)N(C)C(=O)c1cnc(-c2ccc(C)cc2)[nH]c1=O. The number of H-pyrrole nitrogens is 1. The molecule has 1 aromatic carbocycles. The molecule has 27 heavy (non-hydrogen) atoms. The first kappa shape index (κ1) is 18.5. The predicted octanol–water partition coefficient (Wildman–Crippen LogP) is 3.36. The number of amides is 1. The standard InChI is InChI=1S/C21H22N4O2/c1-4-18(17-7-5-6-12-22-17)25(3)21(27)16-13-23-19(24-20(16)26)15-10-8-14(2)9-11-15/h5-13,18H,4H2,1-3H3,(H,23,24,26)/t18-/m1/s1. The molecule has 138 valence electrons. The molecule has 0 saturated carbocycles. The molecule has 6 heteroatoms. The van der Waals surface area contributed by atoms with Gasteiger partial charge in [-0.25, -0.2) is 4.98 Å². The van der Waals surface area contributed by atoms with Crippen LogP contribution in [0.3, 0.4) is 0 Å². The number of hydrogen-bond acceptors (Lipinski definition) is 4. The highest BCUT2D eigenvalue weighted by atomic mass is 16.2. The van der Waals surface area contributed by atoms with Crippen LogP contribution in [0.15, 0.2) is 59.7 Å². The van der Waals surface area contributed by atoms with Crippen LogP contribution in [0.2, 0.25) is 0 Å².